The Kier molecular flexibility index (Phi) is 4.40. The van der Waals surface area contributed by atoms with Gasteiger partial charge in [0.2, 0.25) is 5.91 Å². The van der Waals surface area contributed by atoms with Crippen molar-refractivity contribution in [2.24, 2.45) is 17.8 Å². The Labute approximate surface area is 150 Å². The second-order valence-electron chi connectivity index (χ2n) is 8.40. The highest BCUT2D eigenvalue weighted by Crippen LogP contribution is 2.60. The van der Waals surface area contributed by atoms with Crippen LogP contribution < -0.4 is 5.32 Å². The number of carbonyl (C=O) groups is 1. The molecule has 1 amide bonds. The van der Waals surface area contributed by atoms with E-state index in [-0.39, 0.29) is 5.91 Å². The van der Waals surface area contributed by atoms with Crippen molar-refractivity contribution in [3.63, 3.8) is 0 Å². The van der Waals surface area contributed by atoms with Crippen LogP contribution in [0.2, 0.25) is 0 Å². The highest BCUT2D eigenvalue weighted by molar-refractivity contribution is 8.01. The van der Waals surface area contributed by atoms with E-state index in [0.717, 1.165) is 29.9 Å². The van der Waals surface area contributed by atoms with Crippen LogP contribution in [-0.4, -0.2) is 16.4 Å². The Hall–Kier alpha value is -0.960. The Bertz CT molecular complexity index is 603. The molecule has 4 saturated carbocycles. The molecule has 0 atom stereocenters. The molecule has 0 radical (unpaired) electrons. The van der Waals surface area contributed by atoms with E-state index in [1.54, 1.807) is 0 Å². The number of nitrogens with one attached hydrogen (secondary N) is 1. The van der Waals surface area contributed by atoms with Crippen LogP contribution in [0, 0.1) is 24.7 Å². The number of hydrogen-bond donors (Lipinski definition) is 1. The fourth-order valence-electron chi connectivity index (χ4n) is 5.80. The maximum atomic E-state index is 12.6. The predicted molar refractivity (Wildman–Crippen MR) is 103 cm³/mol. The largest absolute Gasteiger partial charge is 0.325 e. The summed E-state index contributed by atoms with van der Waals surface area (Å²) in [5.74, 6) is 3.66. The second-order valence-corrected chi connectivity index (χ2v) is 9.84. The molecule has 0 aromatic heterocycles. The molecule has 4 fully saturated rings. The van der Waals surface area contributed by atoms with Gasteiger partial charge >= 0.3 is 0 Å². The molecule has 0 aliphatic heterocycles. The van der Waals surface area contributed by atoms with Crippen molar-refractivity contribution in [1.29, 1.82) is 0 Å². The number of hydrogen-bond acceptors (Lipinski definition) is 2. The van der Waals surface area contributed by atoms with Crippen LogP contribution in [0.25, 0.3) is 0 Å². The van der Waals surface area contributed by atoms with Crippen LogP contribution in [0.4, 0.5) is 5.69 Å². The third-order valence-corrected chi connectivity index (χ3v) is 8.01. The Morgan fingerprint density at radius 3 is 2.38 bits per heavy atom. The minimum atomic E-state index is 0.180. The first-order chi connectivity index (χ1) is 11.6. The quantitative estimate of drug-likeness (QED) is 0.796. The van der Waals surface area contributed by atoms with Gasteiger partial charge in [0.1, 0.15) is 0 Å². The lowest BCUT2D eigenvalue weighted by Crippen LogP contribution is -2.49. The summed E-state index contributed by atoms with van der Waals surface area (Å²) in [5.41, 5.74) is 3.45. The highest BCUT2D eigenvalue weighted by atomic mass is 32.2. The molecule has 4 bridgehead atoms. The zero-order valence-electron chi connectivity index (χ0n) is 14.9. The molecule has 0 spiro atoms. The molecule has 1 aromatic carbocycles. The SMILES string of the molecule is CCc1cccc(C)c1NC(=O)CSC12CC3CC(CC(C3)C1)C2. The number of thioether (sulfide) groups is 1. The summed E-state index contributed by atoms with van der Waals surface area (Å²) in [5, 5.41) is 3.20. The maximum absolute atomic E-state index is 12.6. The van der Waals surface area contributed by atoms with Gasteiger partial charge in [-0.05, 0) is 80.8 Å². The third-order valence-electron chi connectivity index (χ3n) is 6.50. The lowest BCUT2D eigenvalue weighted by Gasteiger charge is -2.56. The van der Waals surface area contributed by atoms with Gasteiger partial charge in [0.05, 0.1) is 5.75 Å². The van der Waals surface area contributed by atoms with E-state index in [9.17, 15) is 4.79 Å². The van der Waals surface area contributed by atoms with Crippen LogP contribution in [0.1, 0.15) is 56.6 Å². The van der Waals surface area contributed by atoms with Gasteiger partial charge in [-0.2, -0.15) is 0 Å². The van der Waals surface area contributed by atoms with Crippen LogP contribution >= 0.6 is 11.8 Å². The number of anilines is 1. The van der Waals surface area contributed by atoms with E-state index < -0.39 is 0 Å². The van der Waals surface area contributed by atoms with Gasteiger partial charge in [-0.25, -0.2) is 0 Å². The molecule has 3 heteroatoms. The summed E-state index contributed by atoms with van der Waals surface area (Å²) in [6.45, 7) is 4.23. The molecule has 24 heavy (non-hydrogen) atoms. The van der Waals surface area contributed by atoms with Gasteiger partial charge in [-0.3, -0.25) is 4.79 Å². The lowest BCUT2D eigenvalue weighted by atomic mass is 9.56. The first kappa shape index (κ1) is 16.5. The van der Waals surface area contributed by atoms with E-state index in [2.05, 4.69) is 37.4 Å². The molecule has 1 N–H and O–H groups in total. The summed E-state index contributed by atoms with van der Waals surface area (Å²) in [7, 11) is 0. The first-order valence-corrected chi connectivity index (χ1v) is 10.6. The van der Waals surface area contributed by atoms with Gasteiger partial charge in [-0.1, -0.05) is 25.1 Å². The number of para-hydroxylation sites is 1. The van der Waals surface area contributed by atoms with Crippen molar-refractivity contribution in [2.45, 2.75) is 63.5 Å². The van der Waals surface area contributed by atoms with E-state index >= 15 is 0 Å². The summed E-state index contributed by atoms with van der Waals surface area (Å²) >= 11 is 1.97. The van der Waals surface area contributed by atoms with Crippen molar-refractivity contribution >= 4 is 23.4 Å². The maximum Gasteiger partial charge on any atom is 0.234 e. The molecule has 2 nitrogen and oxygen atoms in total. The summed E-state index contributed by atoms with van der Waals surface area (Å²) < 4.78 is 0.422. The topological polar surface area (TPSA) is 29.1 Å². The Morgan fingerprint density at radius 1 is 1.17 bits per heavy atom. The molecular weight excluding hydrogens is 314 g/mol. The third kappa shape index (κ3) is 3.12. The van der Waals surface area contributed by atoms with Crippen LogP contribution in [0.5, 0.6) is 0 Å². The number of benzene rings is 1. The van der Waals surface area contributed by atoms with Crippen molar-refractivity contribution in [3.05, 3.63) is 29.3 Å². The zero-order valence-corrected chi connectivity index (χ0v) is 15.8. The second kappa shape index (κ2) is 6.40. The van der Waals surface area contributed by atoms with Crippen LogP contribution in [-0.2, 0) is 11.2 Å². The summed E-state index contributed by atoms with van der Waals surface area (Å²) in [4.78, 5) is 12.6. The molecule has 0 unspecified atom stereocenters. The smallest absolute Gasteiger partial charge is 0.234 e. The molecule has 0 heterocycles. The molecular formula is C21H29NOS. The zero-order chi connectivity index (χ0) is 16.7. The Morgan fingerprint density at radius 2 is 1.79 bits per heavy atom. The van der Waals surface area contributed by atoms with Gasteiger partial charge in [0.15, 0.2) is 0 Å². The molecule has 4 aliphatic carbocycles. The first-order valence-electron chi connectivity index (χ1n) is 9.59. The van der Waals surface area contributed by atoms with Gasteiger partial charge in [0, 0.05) is 10.4 Å². The standard InChI is InChI=1S/C21H29NOS/c1-3-18-6-4-5-14(2)20(18)22-19(23)13-24-21-10-15-7-16(11-21)9-17(8-15)12-21/h4-6,15-17H,3,7-13H2,1-2H3,(H,22,23). The number of amides is 1. The number of aryl methyl sites for hydroxylation is 2. The monoisotopic (exact) mass is 343 g/mol. The molecule has 5 rings (SSSR count). The summed E-state index contributed by atoms with van der Waals surface area (Å²) in [6.07, 6.45) is 9.45. The normalized spacial score (nSPS) is 33.7. The molecule has 0 saturated heterocycles. The minimum absolute atomic E-state index is 0.180. The van der Waals surface area contributed by atoms with Crippen molar-refractivity contribution < 1.29 is 4.79 Å². The van der Waals surface area contributed by atoms with Crippen molar-refractivity contribution in [2.75, 3.05) is 11.1 Å². The van der Waals surface area contributed by atoms with E-state index in [1.165, 1.54) is 49.7 Å². The highest BCUT2D eigenvalue weighted by Gasteiger charge is 2.51. The fraction of sp³-hybridized carbons (Fsp3) is 0.667. The lowest BCUT2D eigenvalue weighted by molar-refractivity contribution is -0.113. The predicted octanol–water partition coefficient (Wildman–Crippen LogP) is 5.20. The molecule has 4 aliphatic rings. The van der Waals surface area contributed by atoms with Crippen LogP contribution in [0.15, 0.2) is 18.2 Å². The fourth-order valence-corrected chi connectivity index (χ4v) is 7.37. The van der Waals surface area contributed by atoms with Crippen molar-refractivity contribution in [3.8, 4) is 0 Å². The average molecular weight is 344 g/mol. The average Bonchev–Trinajstić information content (AvgIpc) is 2.54. The van der Waals surface area contributed by atoms with Crippen LogP contribution in [0.3, 0.4) is 0 Å². The number of carbonyl (C=O) groups excluding carboxylic acids is 1. The van der Waals surface area contributed by atoms with Crippen molar-refractivity contribution in [1.82, 2.24) is 0 Å². The van der Waals surface area contributed by atoms with E-state index in [1.807, 2.05) is 11.8 Å². The minimum Gasteiger partial charge on any atom is -0.325 e. The van der Waals surface area contributed by atoms with Gasteiger partial charge < -0.3 is 5.32 Å². The molecule has 130 valence electrons. The van der Waals surface area contributed by atoms with Gasteiger partial charge in [-0.15, -0.1) is 11.8 Å². The summed E-state index contributed by atoms with van der Waals surface area (Å²) in [6, 6.07) is 6.28. The van der Waals surface area contributed by atoms with E-state index in [0.29, 0.717) is 10.5 Å². The van der Waals surface area contributed by atoms with Gasteiger partial charge in [0.25, 0.3) is 0 Å². The number of rotatable bonds is 5. The Balaban J connectivity index is 1.39. The molecule has 1 aromatic rings. The van der Waals surface area contributed by atoms with E-state index in [4.69, 9.17) is 0 Å².